The molecule has 0 amide bonds. The maximum atomic E-state index is 14.7. The number of halogens is 5. The van der Waals surface area contributed by atoms with Crippen LogP contribution >= 0.6 is 11.6 Å². The summed E-state index contributed by atoms with van der Waals surface area (Å²) in [6.45, 7) is 0. The van der Waals surface area contributed by atoms with Crippen molar-refractivity contribution in [1.82, 2.24) is 14.8 Å². The van der Waals surface area contributed by atoms with Gasteiger partial charge in [0.15, 0.2) is 0 Å². The molecule has 1 aliphatic rings. The van der Waals surface area contributed by atoms with E-state index in [2.05, 4.69) is 10.1 Å². The highest BCUT2D eigenvalue weighted by Crippen LogP contribution is 2.37. The van der Waals surface area contributed by atoms with E-state index in [1.54, 1.807) is 0 Å². The number of benzene rings is 1. The zero-order valence-electron chi connectivity index (χ0n) is 16.2. The summed E-state index contributed by atoms with van der Waals surface area (Å²) >= 11 is 5.87. The van der Waals surface area contributed by atoms with Crippen LogP contribution in [-0.2, 0) is 19.0 Å². The van der Waals surface area contributed by atoms with Crippen LogP contribution < -0.4 is 0 Å². The number of rotatable bonds is 3. The molecule has 1 aliphatic carbocycles. The van der Waals surface area contributed by atoms with E-state index in [0.717, 1.165) is 23.4 Å². The van der Waals surface area contributed by atoms with Gasteiger partial charge >= 0.3 is 12.1 Å². The Bertz CT molecular complexity index is 1250. The first-order chi connectivity index (χ1) is 15.1. The molecule has 1 aromatic carbocycles. The Morgan fingerprint density at radius 3 is 2.50 bits per heavy atom. The Balaban J connectivity index is 1.90. The van der Waals surface area contributed by atoms with E-state index in [9.17, 15) is 27.2 Å². The Morgan fingerprint density at radius 1 is 1.12 bits per heavy atom. The number of carboxylic acids is 1. The van der Waals surface area contributed by atoms with Gasteiger partial charge in [-0.05, 0) is 49.9 Å². The zero-order valence-corrected chi connectivity index (χ0v) is 17.0. The molecule has 32 heavy (non-hydrogen) atoms. The topological polar surface area (TPSA) is 85.1 Å². The second-order valence-electron chi connectivity index (χ2n) is 7.22. The predicted octanol–water partition coefficient (Wildman–Crippen LogP) is 5.02. The van der Waals surface area contributed by atoms with E-state index < -0.39 is 40.2 Å². The fourth-order valence-electron chi connectivity index (χ4n) is 3.81. The standard InChI is InChI=1S/C21H14ClF4N3O3/c22-18-16(13(7-8-27-18)21(24,25)26)19(30)29-15-4-2-1-3-12(15)17(28-29)11-6-5-10(20(31)32)9-14(11)23/h5-9H,1-4H2,(H,31,32). The van der Waals surface area contributed by atoms with Crippen LogP contribution in [0.25, 0.3) is 11.3 Å². The average molecular weight is 468 g/mol. The smallest absolute Gasteiger partial charge is 0.417 e. The third kappa shape index (κ3) is 3.75. The lowest BCUT2D eigenvalue weighted by molar-refractivity contribution is -0.138. The molecule has 4 rings (SSSR count). The molecule has 0 saturated heterocycles. The van der Waals surface area contributed by atoms with Crippen molar-refractivity contribution in [2.75, 3.05) is 0 Å². The average Bonchev–Trinajstić information content (AvgIpc) is 3.12. The number of aromatic nitrogens is 3. The van der Waals surface area contributed by atoms with E-state index in [1.165, 1.54) is 12.1 Å². The summed E-state index contributed by atoms with van der Waals surface area (Å²) in [6.07, 6.45) is -1.83. The highest BCUT2D eigenvalue weighted by Gasteiger charge is 2.38. The molecule has 0 unspecified atom stereocenters. The number of hydrogen-bond acceptors (Lipinski definition) is 4. The van der Waals surface area contributed by atoms with Crippen LogP contribution in [-0.4, -0.2) is 31.7 Å². The van der Waals surface area contributed by atoms with E-state index in [1.807, 2.05) is 0 Å². The Labute approximate surface area is 183 Å². The van der Waals surface area contributed by atoms with Gasteiger partial charge in [0, 0.05) is 17.3 Å². The molecule has 0 fully saturated rings. The van der Waals surface area contributed by atoms with Crippen molar-refractivity contribution >= 4 is 23.5 Å². The number of carboxylic acid groups (broad SMARTS) is 1. The van der Waals surface area contributed by atoms with Crippen molar-refractivity contribution in [2.24, 2.45) is 0 Å². The summed E-state index contributed by atoms with van der Waals surface area (Å²) in [6, 6.07) is 3.90. The molecule has 0 bridgehead atoms. The number of pyridine rings is 1. The molecular formula is C21H14ClF4N3O3. The third-order valence-corrected chi connectivity index (χ3v) is 5.55. The van der Waals surface area contributed by atoms with Gasteiger partial charge < -0.3 is 5.11 Å². The first-order valence-electron chi connectivity index (χ1n) is 9.50. The Kier molecular flexibility index (Phi) is 5.49. The van der Waals surface area contributed by atoms with E-state index in [0.29, 0.717) is 36.6 Å². The van der Waals surface area contributed by atoms with Crippen LogP contribution in [0.15, 0.2) is 30.5 Å². The number of hydrogen-bond donors (Lipinski definition) is 1. The van der Waals surface area contributed by atoms with Gasteiger partial charge in [-0.1, -0.05) is 11.6 Å². The highest BCUT2D eigenvalue weighted by molar-refractivity contribution is 6.33. The molecule has 6 nitrogen and oxygen atoms in total. The molecule has 11 heteroatoms. The van der Waals surface area contributed by atoms with Gasteiger partial charge in [0.1, 0.15) is 11.0 Å². The van der Waals surface area contributed by atoms with E-state index in [-0.39, 0.29) is 16.8 Å². The summed E-state index contributed by atoms with van der Waals surface area (Å²) in [5.41, 5.74) is -1.44. The van der Waals surface area contributed by atoms with Crippen LogP contribution in [0, 0.1) is 5.82 Å². The lowest BCUT2D eigenvalue weighted by atomic mass is 9.93. The van der Waals surface area contributed by atoms with Crippen molar-refractivity contribution in [1.29, 1.82) is 0 Å². The van der Waals surface area contributed by atoms with E-state index >= 15 is 0 Å². The number of carbonyl (C=O) groups is 2. The molecule has 0 radical (unpaired) electrons. The van der Waals surface area contributed by atoms with E-state index in [4.69, 9.17) is 16.7 Å². The van der Waals surface area contributed by atoms with Crippen LogP contribution in [0.1, 0.15) is 50.4 Å². The summed E-state index contributed by atoms with van der Waals surface area (Å²) in [7, 11) is 0. The number of carbonyl (C=O) groups excluding carboxylic acids is 1. The SMILES string of the molecule is O=C(O)c1ccc(-c2nn(C(=O)c3c(C(F)(F)F)ccnc3Cl)c3c2CCCC3)c(F)c1. The lowest BCUT2D eigenvalue weighted by Gasteiger charge is -2.16. The molecule has 166 valence electrons. The normalized spacial score (nSPS) is 13.7. The minimum Gasteiger partial charge on any atom is -0.478 e. The van der Waals surface area contributed by atoms with Gasteiger partial charge in [0.05, 0.1) is 28.1 Å². The number of nitrogens with zero attached hydrogens (tertiary/aromatic N) is 3. The maximum Gasteiger partial charge on any atom is 0.417 e. The Hall–Kier alpha value is -3.27. The monoisotopic (exact) mass is 467 g/mol. The molecule has 2 aromatic heterocycles. The van der Waals surface area contributed by atoms with Gasteiger partial charge in [0.2, 0.25) is 0 Å². The van der Waals surface area contributed by atoms with Crippen molar-refractivity contribution in [3.05, 3.63) is 69.4 Å². The highest BCUT2D eigenvalue weighted by atomic mass is 35.5. The van der Waals surface area contributed by atoms with Crippen molar-refractivity contribution in [3.63, 3.8) is 0 Å². The molecule has 2 heterocycles. The summed E-state index contributed by atoms with van der Waals surface area (Å²) in [5.74, 6) is -3.31. The largest absolute Gasteiger partial charge is 0.478 e. The fourth-order valence-corrected chi connectivity index (χ4v) is 4.04. The minimum absolute atomic E-state index is 0.0481. The molecule has 0 saturated carbocycles. The Morgan fingerprint density at radius 2 is 1.84 bits per heavy atom. The molecular weight excluding hydrogens is 454 g/mol. The molecule has 1 N–H and O–H groups in total. The summed E-state index contributed by atoms with van der Waals surface area (Å²) < 4.78 is 56.0. The van der Waals surface area contributed by atoms with Gasteiger partial charge in [-0.15, -0.1) is 0 Å². The first kappa shape index (κ1) is 21.9. The van der Waals surface area contributed by atoms with Crippen molar-refractivity contribution in [3.8, 4) is 11.3 Å². The third-order valence-electron chi connectivity index (χ3n) is 5.27. The number of aromatic carboxylic acids is 1. The quantitative estimate of drug-likeness (QED) is 0.432. The van der Waals surface area contributed by atoms with Crippen LogP contribution in [0.5, 0.6) is 0 Å². The first-order valence-corrected chi connectivity index (χ1v) is 9.87. The number of alkyl halides is 3. The predicted molar refractivity (Wildman–Crippen MR) is 105 cm³/mol. The fraction of sp³-hybridized carbons (Fsp3) is 0.238. The second kappa shape index (κ2) is 8.01. The molecule has 0 atom stereocenters. The lowest BCUT2D eigenvalue weighted by Crippen LogP contribution is -2.23. The summed E-state index contributed by atoms with van der Waals surface area (Å²) in [4.78, 5) is 27.9. The summed E-state index contributed by atoms with van der Waals surface area (Å²) in [5, 5.41) is 12.6. The maximum absolute atomic E-state index is 14.7. The minimum atomic E-state index is -4.85. The van der Waals surface area contributed by atoms with Gasteiger partial charge in [-0.3, -0.25) is 4.79 Å². The molecule has 3 aromatic rings. The van der Waals surface area contributed by atoms with Crippen molar-refractivity contribution in [2.45, 2.75) is 31.9 Å². The van der Waals surface area contributed by atoms with Gasteiger partial charge in [-0.25, -0.2) is 14.2 Å². The van der Waals surface area contributed by atoms with Gasteiger partial charge in [-0.2, -0.15) is 23.0 Å². The van der Waals surface area contributed by atoms with Crippen LogP contribution in [0.2, 0.25) is 5.15 Å². The number of fused-ring (bicyclic) bond motifs is 1. The van der Waals surface area contributed by atoms with Crippen LogP contribution in [0.3, 0.4) is 0 Å². The van der Waals surface area contributed by atoms with Crippen LogP contribution in [0.4, 0.5) is 17.6 Å². The molecule has 0 aliphatic heterocycles. The molecule has 0 spiro atoms. The zero-order chi connectivity index (χ0) is 23.2. The van der Waals surface area contributed by atoms with Gasteiger partial charge in [0.25, 0.3) is 5.91 Å². The second-order valence-corrected chi connectivity index (χ2v) is 7.58. The van der Waals surface area contributed by atoms with Crippen molar-refractivity contribution < 1.29 is 32.3 Å².